The van der Waals surface area contributed by atoms with Gasteiger partial charge in [0.2, 0.25) is 5.91 Å². The first kappa shape index (κ1) is 17.8. The van der Waals surface area contributed by atoms with Gasteiger partial charge in [-0.15, -0.1) is 22.9 Å². The van der Waals surface area contributed by atoms with Gasteiger partial charge in [-0.25, -0.2) is 4.79 Å². The highest BCUT2D eigenvalue weighted by molar-refractivity contribution is 7.15. The predicted molar refractivity (Wildman–Crippen MR) is 94.7 cm³/mol. The first-order valence-corrected chi connectivity index (χ1v) is 8.67. The molecule has 0 saturated heterocycles. The third kappa shape index (κ3) is 4.47. The third-order valence-electron chi connectivity index (χ3n) is 3.13. The summed E-state index contributed by atoms with van der Waals surface area (Å²) in [5, 5.41) is 5.65. The summed E-state index contributed by atoms with van der Waals surface area (Å²) in [7, 11) is 1.31. The molecule has 0 radical (unpaired) electrons. The topological polar surface area (TPSA) is 55.4 Å². The van der Waals surface area contributed by atoms with E-state index in [1.807, 2.05) is 17.5 Å². The molecule has 4 nitrogen and oxygen atoms in total. The molecule has 1 N–H and O–H groups in total. The number of halogens is 2. The van der Waals surface area contributed by atoms with E-state index in [2.05, 4.69) is 5.32 Å². The van der Waals surface area contributed by atoms with Crippen LogP contribution in [0.3, 0.4) is 0 Å². The summed E-state index contributed by atoms with van der Waals surface area (Å²) in [6.07, 6.45) is 0.884. The van der Waals surface area contributed by atoms with E-state index in [-0.39, 0.29) is 5.91 Å². The summed E-state index contributed by atoms with van der Waals surface area (Å²) in [6.45, 7) is 0. The molecule has 2 aromatic rings. The standard InChI is InChI=1S/C16H15Cl2NO3S/c1-22-16(21)14-12(10-4-6-11(18)7-5-10)9-23-15(14)19-13(20)3-2-8-17/h4-7,9H,2-3,8H2,1H3,(H,19,20). The molecule has 1 aromatic carbocycles. The molecule has 122 valence electrons. The molecular formula is C16H15Cl2NO3S. The maximum absolute atomic E-state index is 12.1. The van der Waals surface area contributed by atoms with Crippen molar-refractivity contribution in [3.8, 4) is 11.1 Å². The van der Waals surface area contributed by atoms with Crippen molar-refractivity contribution in [3.05, 3.63) is 40.2 Å². The Morgan fingerprint density at radius 3 is 2.57 bits per heavy atom. The molecule has 23 heavy (non-hydrogen) atoms. The number of methoxy groups -OCH3 is 1. The fourth-order valence-corrected chi connectivity index (χ4v) is 3.25. The lowest BCUT2D eigenvalue weighted by Gasteiger charge is -2.07. The van der Waals surface area contributed by atoms with E-state index < -0.39 is 5.97 Å². The fourth-order valence-electron chi connectivity index (χ4n) is 2.01. The zero-order chi connectivity index (χ0) is 16.8. The number of alkyl halides is 1. The predicted octanol–water partition coefficient (Wildman–Crippen LogP) is 4.81. The minimum atomic E-state index is -0.496. The second-order valence-electron chi connectivity index (χ2n) is 4.69. The first-order chi connectivity index (χ1) is 11.1. The van der Waals surface area contributed by atoms with Crippen LogP contribution in [0.2, 0.25) is 5.02 Å². The molecule has 0 aliphatic carbocycles. The van der Waals surface area contributed by atoms with Crippen LogP contribution >= 0.6 is 34.5 Å². The van der Waals surface area contributed by atoms with Crippen molar-refractivity contribution in [2.75, 3.05) is 18.3 Å². The van der Waals surface area contributed by atoms with Crippen molar-refractivity contribution in [1.82, 2.24) is 0 Å². The van der Waals surface area contributed by atoms with E-state index in [0.29, 0.717) is 39.9 Å². The number of carbonyl (C=O) groups excluding carboxylic acids is 2. The van der Waals surface area contributed by atoms with Crippen molar-refractivity contribution < 1.29 is 14.3 Å². The third-order valence-corrected chi connectivity index (χ3v) is 4.54. The Labute approximate surface area is 148 Å². The highest BCUT2D eigenvalue weighted by Crippen LogP contribution is 2.36. The van der Waals surface area contributed by atoms with E-state index in [1.54, 1.807) is 12.1 Å². The average Bonchev–Trinajstić information content (AvgIpc) is 2.96. The largest absolute Gasteiger partial charge is 0.465 e. The van der Waals surface area contributed by atoms with Gasteiger partial charge in [-0.05, 0) is 24.1 Å². The molecule has 0 saturated carbocycles. The van der Waals surface area contributed by atoms with Crippen LogP contribution < -0.4 is 5.32 Å². The van der Waals surface area contributed by atoms with Gasteiger partial charge in [0, 0.05) is 28.3 Å². The molecule has 1 aromatic heterocycles. The Morgan fingerprint density at radius 2 is 1.96 bits per heavy atom. The molecule has 0 spiro atoms. The van der Waals surface area contributed by atoms with Crippen molar-refractivity contribution in [1.29, 1.82) is 0 Å². The maximum atomic E-state index is 12.1. The molecule has 2 rings (SSSR count). The normalized spacial score (nSPS) is 10.4. The Hall–Kier alpha value is -1.56. The van der Waals surface area contributed by atoms with E-state index in [9.17, 15) is 9.59 Å². The van der Waals surface area contributed by atoms with Crippen LogP contribution in [0.1, 0.15) is 23.2 Å². The number of carbonyl (C=O) groups is 2. The minimum Gasteiger partial charge on any atom is -0.465 e. The molecule has 1 heterocycles. The van der Waals surface area contributed by atoms with Gasteiger partial charge in [0.25, 0.3) is 0 Å². The van der Waals surface area contributed by atoms with Gasteiger partial charge in [-0.1, -0.05) is 23.7 Å². The minimum absolute atomic E-state index is 0.180. The summed E-state index contributed by atoms with van der Waals surface area (Å²) < 4.78 is 4.85. The fraction of sp³-hybridized carbons (Fsp3) is 0.250. The number of ether oxygens (including phenoxy) is 1. The number of hydrogen-bond donors (Lipinski definition) is 1. The Morgan fingerprint density at radius 1 is 1.26 bits per heavy atom. The molecular weight excluding hydrogens is 357 g/mol. The molecule has 0 atom stereocenters. The van der Waals surface area contributed by atoms with Gasteiger partial charge in [0.05, 0.1) is 7.11 Å². The van der Waals surface area contributed by atoms with E-state index >= 15 is 0 Å². The number of esters is 1. The van der Waals surface area contributed by atoms with Gasteiger partial charge in [-0.2, -0.15) is 0 Å². The van der Waals surface area contributed by atoms with Gasteiger partial charge < -0.3 is 10.1 Å². The summed E-state index contributed by atoms with van der Waals surface area (Å²) >= 11 is 12.8. The number of thiophene rings is 1. The first-order valence-electron chi connectivity index (χ1n) is 6.88. The highest BCUT2D eigenvalue weighted by Gasteiger charge is 2.22. The molecule has 0 bridgehead atoms. The number of amides is 1. The number of anilines is 1. The number of benzene rings is 1. The second-order valence-corrected chi connectivity index (χ2v) is 6.39. The summed E-state index contributed by atoms with van der Waals surface area (Å²) in [4.78, 5) is 24.0. The van der Waals surface area contributed by atoms with Gasteiger partial charge in [0.15, 0.2) is 0 Å². The van der Waals surface area contributed by atoms with Crippen molar-refractivity contribution >= 4 is 51.4 Å². The highest BCUT2D eigenvalue weighted by atomic mass is 35.5. The molecule has 0 aliphatic rings. The molecule has 1 amide bonds. The van der Waals surface area contributed by atoms with Crippen LogP contribution in [0.15, 0.2) is 29.6 Å². The Bertz CT molecular complexity index is 698. The van der Waals surface area contributed by atoms with E-state index in [4.69, 9.17) is 27.9 Å². The molecule has 0 aliphatic heterocycles. The number of hydrogen-bond acceptors (Lipinski definition) is 4. The van der Waals surface area contributed by atoms with Gasteiger partial charge in [-0.3, -0.25) is 4.79 Å². The Balaban J connectivity index is 2.35. The van der Waals surface area contributed by atoms with Crippen LogP contribution in [0.4, 0.5) is 5.00 Å². The molecule has 0 unspecified atom stereocenters. The molecule has 0 fully saturated rings. The SMILES string of the molecule is COC(=O)c1c(-c2ccc(Cl)cc2)csc1NC(=O)CCCCl. The lowest BCUT2D eigenvalue weighted by molar-refractivity contribution is -0.116. The van der Waals surface area contributed by atoms with Gasteiger partial charge >= 0.3 is 5.97 Å². The molecule has 7 heteroatoms. The van der Waals surface area contributed by atoms with Crippen LogP contribution in [0.25, 0.3) is 11.1 Å². The van der Waals surface area contributed by atoms with Crippen molar-refractivity contribution in [2.24, 2.45) is 0 Å². The summed E-state index contributed by atoms with van der Waals surface area (Å²) in [6, 6.07) is 7.12. The van der Waals surface area contributed by atoms with Gasteiger partial charge in [0.1, 0.15) is 10.6 Å². The smallest absolute Gasteiger partial charge is 0.341 e. The summed E-state index contributed by atoms with van der Waals surface area (Å²) in [5.74, 6) is -0.262. The zero-order valence-corrected chi connectivity index (χ0v) is 14.7. The van der Waals surface area contributed by atoms with Crippen LogP contribution in [0.5, 0.6) is 0 Å². The van der Waals surface area contributed by atoms with Crippen molar-refractivity contribution in [2.45, 2.75) is 12.8 Å². The van der Waals surface area contributed by atoms with Crippen LogP contribution in [-0.4, -0.2) is 24.9 Å². The lowest BCUT2D eigenvalue weighted by atomic mass is 10.0. The van der Waals surface area contributed by atoms with Crippen molar-refractivity contribution in [3.63, 3.8) is 0 Å². The zero-order valence-electron chi connectivity index (χ0n) is 12.4. The summed E-state index contributed by atoms with van der Waals surface area (Å²) in [5.41, 5.74) is 1.87. The quantitative estimate of drug-likeness (QED) is 0.585. The number of rotatable bonds is 6. The van der Waals surface area contributed by atoms with E-state index in [0.717, 1.165) is 5.56 Å². The monoisotopic (exact) mass is 371 g/mol. The average molecular weight is 372 g/mol. The van der Waals surface area contributed by atoms with E-state index in [1.165, 1.54) is 18.4 Å². The van der Waals surface area contributed by atoms with Crippen LogP contribution in [-0.2, 0) is 9.53 Å². The lowest BCUT2D eigenvalue weighted by Crippen LogP contribution is -2.13. The van der Waals surface area contributed by atoms with Crippen LogP contribution in [0, 0.1) is 0 Å². The second kappa shape index (κ2) is 8.34. The number of nitrogens with one attached hydrogen (secondary N) is 1. The Kier molecular flexibility index (Phi) is 6.45. The maximum Gasteiger partial charge on any atom is 0.341 e.